The van der Waals surface area contributed by atoms with Crippen molar-refractivity contribution in [3.05, 3.63) is 71.8 Å². The lowest BCUT2D eigenvalue weighted by molar-refractivity contribution is -0.149. The first-order valence-electron chi connectivity index (χ1n) is 12.4. The van der Waals surface area contributed by atoms with Crippen molar-refractivity contribution in [3.63, 3.8) is 0 Å². The minimum atomic E-state index is -0.939. The molecule has 0 heterocycles. The van der Waals surface area contributed by atoms with Crippen LogP contribution in [0.1, 0.15) is 37.8 Å². The van der Waals surface area contributed by atoms with Crippen LogP contribution in [0.2, 0.25) is 0 Å². The van der Waals surface area contributed by atoms with Crippen molar-refractivity contribution in [1.82, 2.24) is 16.0 Å². The van der Waals surface area contributed by atoms with Crippen molar-refractivity contribution < 1.29 is 23.9 Å². The van der Waals surface area contributed by atoms with E-state index in [1.54, 1.807) is 11.8 Å². The Morgan fingerprint density at radius 3 is 2.00 bits per heavy atom. The quantitative estimate of drug-likeness (QED) is 0.229. The molecule has 3 atom stereocenters. The molecule has 0 radical (unpaired) electrons. The van der Waals surface area contributed by atoms with Gasteiger partial charge in [-0.15, -0.1) is 0 Å². The van der Waals surface area contributed by atoms with E-state index in [1.165, 1.54) is 0 Å². The molecule has 2 rings (SSSR count). The Kier molecular flexibility index (Phi) is 13.3. The molecule has 3 N–H and O–H groups in total. The normalized spacial score (nSPS) is 13.2. The Hall–Kier alpha value is -3.33. The molecule has 8 nitrogen and oxygen atoms in total. The summed E-state index contributed by atoms with van der Waals surface area (Å²) in [6.45, 7) is 3.97. The smallest absolute Gasteiger partial charge is 0.329 e. The first-order chi connectivity index (χ1) is 17.8. The average molecular weight is 528 g/mol. The zero-order valence-corrected chi connectivity index (χ0v) is 22.5. The molecule has 0 bridgehead atoms. The van der Waals surface area contributed by atoms with Crippen molar-refractivity contribution in [3.8, 4) is 0 Å². The van der Waals surface area contributed by atoms with Crippen LogP contribution in [0, 0.1) is 5.92 Å². The molecule has 0 aromatic heterocycles. The highest BCUT2D eigenvalue weighted by atomic mass is 32.2. The zero-order chi connectivity index (χ0) is 27.0. The number of carbonyl (C=O) groups excluding carboxylic acids is 4. The van der Waals surface area contributed by atoms with Gasteiger partial charge in [-0.25, -0.2) is 4.79 Å². The second kappa shape index (κ2) is 16.4. The van der Waals surface area contributed by atoms with Crippen LogP contribution >= 0.6 is 11.8 Å². The number of amides is 3. The summed E-state index contributed by atoms with van der Waals surface area (Å²) in [5, 5.41) is 8.11. The van der Waals surface area contributed by atoms with Crippen LogP contribution in [0.15, 0.2) is 60.7 Å². The van der Waals surface area contributed by atoms with Gasteiger partial charge in [-0.05, 0) is 41.9 Å². The fourth-order valence-electron chi connectivity index (χ4n) is 3.73. The molecule has 0 saturated carbocycles. The molecule has 0 unspecified atom stereocenters. The van der Waals surface area contributed by atoms with Gasteiger partial charge < -0.3 is 20.7 Å². The van der Waals surface area contributed by atoms with E-state index >= 15 is 0 Å². The first kappa shape index (κ1) is 29.9. The number of carbonyl (C=O) groups is 4. The number of hydrogen-bond acceptors (Lipinski definition) is 6. The SMILES string of the molecule is CSCC[C@H](NC=O)C(=O)N[C@@H](CC(C)C)C(=O)N[C@H](Cc1ccccc1)C(=O)OCc1ccccc1. The molecule has 0 spiro atoms. The average Bonchev–Trinajstić information content (AvgIpc) is 2.89. The van der Waals surface area contributed by atoms with Crippen molar-refractivity contribution in [1.29, 1.82) is 0 Å². The Bertz CT molecular complexity index is 988. The van der Waals surface area contributed by atoms with Crippen molar-refractivity contribution in [2.45, 2.75) is 57.8 Å². The van der Waals surface area contributed by atoms with E-state index in [2.05, 4.69) is 16.0 Å². The minimum absolute atomic E-state index is 0.0848. The van der Waals surface area contributed by atoms with E-state index in [-0.39, 0.29) is 18.9 Å². The standard InChI is InChI=1S/C28H37N3O5S/c1-20(2)16-24(30-26(33)23(29-19-32)14-15-37-3)27(34)31-25(17-21-10-6-4-7-11-21)28(35)36-18-22-12-8-5-9-13-22/h4-13,19-20,23-25H,14-18H2,1-3H3,(H,29,32)(H,30,33)(H,31,34)/t23-,24-,25+/m0/s1. The molecule has 3 amide bonds. The van der Waals surface area contributed by atoms with Crippen LogP contribution in [0.4, 0.5) is 0 Å². The van der Waals surface area contributed by atoms with Crippen LogP contribution < -0.4 is 16.0 Å². The number of rotatable bonds is 16. The van der Waals surface area contributed by atoms with Crippen LogP contribution in [0.5, 0.6) is 0 Å². The Morgan fingerprint density at radius 1 is 0.865 bits per heavy atom. The number of hydrogen-bond donors (Lipinski definition) is 3. The van der Waals surface area contributed by atoms with Crippen molar-refractivity contribution >= 4 is 36.0 Å². The number of thioether (sulfide) groups is 1. The lowest BCUT2D eigenvalue weighted by Crippen LogP contribution is -2.56. The van der Waals surface area contributed by atoms with Crippen LogP contribution in [0.3, 0.4) is 0 Å². The third-order valence-electron chi connectivity index (χ3n) is 5.64. The molecule has 37 heavy (non-hydrogen) atoms. The summed E-state index contributed by atoms with van der Waals surface area (Å²) in [5.74, 6) is -0.706. The minimum Gasteiger partial charge on any atom is -0.459 e. The zero-order valence-electron chi connectivity index (χ0n) is 21.6. The lowest BCUT2D eigenvalue weighted by Gasteiger charge is -2.25. The molecule has 9 heteroatoms. The summed E-state index contributed by atoms with van der Waals surface area (Å²) < 4.78 is 5.53. The molecule has 0 aliphatic rings. The third-order valence-corrected chi connectivity index (χ3v) is 6.29. The predicted octanol–water partition coefficient (Wildman–Crippen LogP) is 2.86. The number of esters is 1. The number of ether oxygens (including phenoxy) is 1. The van der Waals surface area contributed by atoms with Gasteiger partial charge >= 0.3 is 5.97 Å². The van der Waals surface area contributed by atoms with Gasteiger partial charge in [0.15, 0.2) is 0 Å². The van der Waals surface area contributed by atoms with E-state index in [1.807, 2.05) is 80.8 Å². The summed E-state index contributed by atoms with van der Waals surface area (Å²) in [5.41, 5.74) is 1.70. The van der Waals surface area contributed by atoms with Gasteiger partial charge in [0.2, 0.25) is 18.2 Å². The second-order valence-electron chi connectivity index (χ2n) is 9.15. The summed E-state index contributed by atoms with van der Waals surface area (Å²) in [6, 6.07) is 16.1. The maximum Gasteiger partial charge on any atom is 0.329 e. The highest BCUT2D eigenvalue weighted by molar-refractivity contribution is 7.98. The van der Waals surface area contributed by atoms with E-state index in [4.69, 9.17) is 4.74 Å². The van der Waals surface area contributed by atoms with E-state index in [0.717, 1.165) is 11.1 Å². The van der Waals surface area contributed by atoms with Crippen molar-refractivity contribution in [2.75, 3.05) is 12.0 Å². The monoisotopic (exact) mass is 527 g/mol. The highest BCUT2D eigenvalue weighted by Crippen LogP contribution is 2.11. The molecule has 0 saturated heterocycles. The maximum atomic E-state index is 13.4. The van der Waals surface area contributed by atoms with Gasteiger partial charge in [-0.2, -0.15) is 11.8 Å². The van der Waals surface area contributed by atoms with Gasteiger partial charge in [0, 0.05) is 6.42 Å². The largest absolute Gasteiger partial charge is 0.459 e. The van der Waals surface area contributed by atoms with Crippen LogP contribution in [0.25, 0.3) is 0 Å². The van der Waals surface area contributed by atoms with Gasteiger partial charge in [0.05, 0.1) is 0 Å². The second-order valence-corrected chi connectivity index (χ2v) is 10.1. The highest BCUT2D eigenvalue weighted by Gasteiger charge is 2.30. The Labute approximate surface area is 223 Å². The number of benzene rings is 2. The Morgan fingerprint density at radius 2 is 1.43 bits per heavy atom. The predicted molar refractivity (Wildman–Crippen MR) is 146 cm³/mol. The van der Waals surface area contributed by atoms with E-state index < -0.39 is 35.9 Å². The summed E-state index contributed by atoms with van der Waals surface area (Å²) in [6.07, 6.45) is 3.44. The summed E-state index contributed by atoms with van der Waals surface area (Å²) in [7, 11) is 0. The summed E-state index contributed by atoms with van der Waals surface area (Å²) in [4.78, 5) is 50.3. The van der Waals surface area contributed by atoms with Crippen LogP contribution in [-0.2, 0) is 36.9 Å². The molecule has 200 valence electrons. The first-order valence-corrected chi connectivity index (χ1v) is 13.8. The number of nitrogens with one attached hydrogen (secondary N) is 3. The molecule has 0 aliphatic carbocycles. The Balaban J connectivity index is 2.16. The molecular weight excluding hydrogens is 490 g/mol. The molecule has 2 aromatic rings. The van der Waals surface area contributed by atoms with Gasteiger partial charge in [-0.3, -0.25) is 14.4 Å². The van der Waals surface area contributed by atoms with E-state index in [9.17, 15) is 19.2 Å². The molecule has 0 aliphatic heterocycles. The van der Waals surface area contributed by atoms with Gasteiger partial charge in [-0.1, -0.05) is 74.5 Å². The van der Waals surface area contributed by atoms with E-state index in [0.29, 0.717) is 25.0 Å². The fourth-order valence-corrected chi connectivity index (χ4v) is 4.20. The van der Waals surface area contributed by atoms with Gasteiger partial charge in [0.1, 0.15) is 24.7 Å². The third kappa shape index (κ3) is 11.1. The fraction of sp³-hybridized carbons (Fsp3) is 0.429. The van der Waals surface area contributed by atoms with Crippen molar-refractivity contribution in [2.24, 2.45) is 5.92 Å². The van der Waals surface area contributed by atoms with Gasteiger partial charge in [0.25, 0.3) is 0 Å². The topological polar surface area (TPSA) is 114 Å². The molecule has 0 fully saturated rings. The molecular formula is C28H37N3O5S. The van der Waals surface area contributed by atoms with Crippen LogP contribution in [-0.4, -0.2) is 54.3 Å². The molecule has 2 aromatic carbocycles. The maximum absolute atomic E-state index is 13.4. The summed E-state index contributed by atoms with van der Waals surface area (Å²) >= 11 is 1.56. The lowest BCUT2D eigenvalue weighted by atomic mass is 10.0.